The number of alkyl halides is 3. The van der Waals surface area contributed by atoms with Crippen LogP contribution >= 0.6 is 0 Å². The first-order valence-electron chi connectivity index (χ1n) is 9.71. The summed E-state index contributed by atoms with van der Waals surface area (Å²) in [6.45, 7) is 2.20. The van der Waals surface area contributed by atoms with Gasteiger partial charge in [-0.05, 0) is 23.6 Å². The summed E-state index contributed by atoms with van der Waals surface area (Å²) in [6, 6.07) is 13.1. The smallest absolute Gasteiger partial charge is 0.339 e. The average Bonchev–Trinajstić information content (AvgIpc) is 3.35. The van der Waals surface area contributed by atoms with Crippen LogP contribution in [0.3, 0.4) is 0 Å². The first kappa shape index (κ1) is 20.1. The largest absolute Gasteiger partial charge is 0.416 e. The average molecular weight is 415 g/mol. The molecule has 1 saturated heterocycles. The molecule has 1 aliphatic heterocycles. The van der Waals surface area contributed by atoms with Crippen LogP contribution in [0.4, 0.5) is 13.2 Å². The summed E-state index contributed by atoms with van der Waals surface area (Å²) >= 11 is 0. The van der Waals surface area contributed by atoms with Crippen molar-refractivity contribution < 1.29 is 22.5 Å². The van der Waals surface area contributed by atoms with E-state index in [4.69, 9.17) is 4.52 Å². The first-order valence-corrected chi connectivity index (χ1v) is 9.71. The van der Waals surface area contributed by atoms with Crippen molar-refractivity contribution in [1.82, 2.24) is 15.0 Å². The van der Waals surface area contributed by atoms with E-state index in [-0.39, 0.29) is 36.9 Å². The van der Waals surface area contributed by atoms with Crippen molar-refractivity contribution in [3.05, 3.63) is 71.1 Å². The molecule has 156 valence electrons. The predicted molar refractivity (Wildman–Crippen MR) is 103 cm³/mol. The summed E-state index contributed by atoms with van der Waals surface area (Å²) < 4.78 is 45.1. The number of aromatic nitrogens is 2. The third kappa shape index (κ3) is 4.08. The molecule has 1 aromatic heterocycles. The molecule has 4 rings (SSSR count). The Balaban J connectivity index is 1.49. The number of hydrogen-bond donors (Lipinski definition) is 0. The molecule has 0 aliphatic carbocycles. The molecule has 1 aliphatic rings. The number of benzene rings is 2. The van der Waals surface area contributed by atoms with Crippen molar-refractivity contribution in [2.45, 2.75) is 38.4 Å². The molecule has 2 heterocycles. The Kier molecular flexibility index (Phi) is 5.32. The molecule has 0 radical (unpaired) electrons. The first-order chi connectivity index (χ1) is 14.3. The lowest BCUT2D eigenvalue weighted by Gasteiger charge is -2.19. The Morgan fingerprint density at radius 3 is 2.57 bits per heavy atom. The zero-order valence-electron chi connectivity index (χ0n) is 16.3. The Morgan fingerprint density at radius 2 is 1.87 bits per heavy atom. The van der Waals surface area contributed by atoms with Gasteiger partial charge < -0.3 is 9.42 Å². The fourth-order valence-electron chi connectivity index (χ4n) is 3.64. The summed E-state index contributed by atoms with van der Waals surface area (Å²) in [5.74, 6) is 0.182. The molecule has 1 fully saturated rings. The lowest BCUT2D eigenvalue weighted by atomic mass is 10.1. The monoisotopic (exact) mass is 415 g/mol. The minimum Gasteiger partial charge on any atom is -0.339 e. The van der Waals surface area contributed by atoms with Gasteiger partial charge in [0.15, 0.2) is 0 Å². The van der Waals surface area contributed by atoms with Crippen LogP contribution in [0.25, 0.3) is 11.4 Å². The predicted octanol–water partition coefficient (Wildman–Crippen LogP) is 4.83. The standard InChI is InChI=1S/C22H20F3N3O2/c1-2-14-7-9-15(10-8-14)20-26-21(30-27-20)17-11-19(29)28(13-17)12-16-5-3-4-6-18(16)22(23,24)25/h3-10,17H,2,11-13H2,1H3. The second-order valence-electron chi connectivity index (χ2n) is 7.34. The van der Waals surface area contributed by atoms with E-state index in [2.05, 4.69) is 17.1 Å². The normalized spacial score (nSPS) is 17.0. The van der Waals surface area contributed by atoms with Gasteiger partial charge in [-0.25, -0.2) is 0 Å². The van der Waals surface area contributed by atoms with Crippen LogP contribution in [0.15, 0.2) is 53.1 Å². The van der Waals surface area contributed by atoms with Gasteiger partial charge in [-0.2, -0.15) is 18.2 Å². The number of aryl methyl sites for hydroxylation is 1. The maximum absolute atomic E-state index is 13.2. The van der Waals surface area contributed by atoms with Gasteiger partial charge in [0, 0.05) is 25.1 Å². The molecule has 1 unspecified atom stereocenters. The summed E-state index contributed by atoms with van der Waals surface area (Å²) in [5, 5.41) is 4.00. The van der Waals surface area contributed by atoms with Crippen molar-refractivity contribution in [2.24, 2.45) is 0 Å². The molecule has 5 nitrogen and oxygen atoms in total. The summed E-state index contributed by atoms with van der Waals surface area (Å²) in [6.07, 6.45) is -3.41. The van der Waals surface area contributed by atoms with Crippen molar-refractivity contribution in [1.29, 1.82) is 0 Å². The lowest BCUT2D eigenvalue weighted by molar-refractivity contribution is -0.139. The maximum Gasteiger partial charge on any atom is 0.416 e. The molecular formula is C22H20F3N3O2. The van der Waals surface area contributed by atoms with E-state index in [1.807, 2.05) is 24.3 Å². The number of carbonyl (C=O) groups excluding carboxylic acids is 1. The summed E-state index contributed by atoms with van der Waals surface area (Å²) in [4.78, 5) is 18.3. The highest BCUT2D eigenvalue weighted by molar-refractivity contribution is 5.79. The SMILES string of the molecule is CCc1ccc(-c2noc(C3CC(=O)N(Cc4ccccc4C(F)(F)F)C3)n2)cc1. The molecule has 1 amide bonds. The van der Waals surface area contributed by atoms with Crippen molar-refractivity contribution in [2.75, 3.05) is 6.54 Å². The number of rotatable bonds is 5. The summed E-state index contributed by atoms with van der Waals surface area (Å²) in [7, 11) is 0. The van der Waals surface area contributed by atoms with Crippen molar-refractivity contribution in [3.8, 4) is 11.4 Å². The third-order valence-electron chi connectivity index (χ3n) is 5.31. The van der Waals surface area contributed by atoms with Gasteiger partial charge in [0.2, 0.25) is 17.6 Å². The van der Waals surface area contributed by atoms with Gasteiger partial charge in [0.25, 0.3) is 0 Å². The van der Waals surface area contributed by atoms with Crippen molar-refractivity contribution >= 4 is 5.91 Å². The number of amides is 1. The minimum atomic E-state index is -4.46. The van der Waals surface area contributed by atoms with E-state index in [1.54, 1.807) is 0 Å². The van der Waals surface area contributed by atoms with E-state index >= 15 is 0 Å². The van der Waals surface area contributed by atoms with E-state index < -0.39 is 11.7 Å². The fraction of sp³-hybridized carbons (Fsp3) is 0.318. The van der Waals surface area contributed by atoms with Gasteiger partial charge in [-0.3, -0.25) is 4.79 Å². The highest BCUT2D eigenvalue weighted by atomic mass is 19.4. The maximum atomic E-state index is 13.2. The van der Waals surface area contributed by atoms with Crippen molar-refractivity contribution in [3.63, 3.8) is 0 Å². The minimum absolute atomic E-state index is 0.0706. The van der Waals surface area contributed by atoms with E-state index in [1.165, 1.54) is 28.7 Å². The van der Waals surface area contributed by atoms with Gasteiger partial charge in [0.05, 0.1) is 11.5 Å². The Bertz CT molecular complexity index is 1040. The highest BCUT2D eigenvalue weighted by Gasteiger charge is 2.37. The quantitative estimate of drug-likeness (QED) is 0.599. The third-order valence-corrected chi connectivity index (χ3v) is 5.31. The number of nitrogens with zero attached hydrogens (tertiary/aromatic N) is 3. The molecule has 8 heteroatoms. The molecule has 0 spiro atoms. The zero-order chi connectivity index (χ0) is 21.3. The second kappa shape index (κ2) is 7.93. The Morgan fingerprint density at radius 1 is 1.13 bits per heavy atom. The fourth-order valence-corrected chi connectivity index (χ4v) is 3.64. The van der Waals surface area contributed by atoms with Crippen LogP contribution in [0.1, 0.15) is 41.8 Å². The van der Waals surface area contributed by atoms with Gasteiger partial charge >= 0.3 is 6.18 Å². The zero-order valence-corrected chi connectivity index (χ0v) is 16.3. The second-order valence-corrected chi connectivity index (χ2v) is 7.34. The number of hydrogen-bond acceptors (Lipinski definition) is 4. The lowest BCUT2D eigenvalue weighted by Crippen LogP contribution is -2.26. The molecule has 2 aromatic carbocycles. The topological polar surface area (TPSA) is 59.2 Å². The van der Waals surface area contributed by atoms with E-state index in [0.717, 1.165) is 18.1 Å². The van der Waals surface area contributed by atoms with Crippen LogP contribution in [0.5, 0.6) is 0 Å². The van der Waals surface area contributed by atoms with Gasteiger partial charge in [-0.15, -0.1) is 0 Å². The van der Waals surface area contributed by atoms with Crippen LogP contribution in [0.2, 0.25) is 0 Å². The molecule has 0 bridgehead atoms. The summed E-state index contributed by atoms with van der Waals surface area (Å²) in [5.41, 5.74) is 1.35. The van der Waals surface area contributed by atoms with Gasteiger partial charge in [0.1, 0.15) is 0 Å². The van der Waals surface area contributed by atoms with E-state index in [9.17, 15) is 18.0 Å². The molecule has 0 N–H and O–H groups in total. The molecule has 3 aromatic rings. The van der Waals surface area contributed by atoms with Crippen LogP contribution in [-0.4, -0.2) is 27.5 Å². The molecule has 1 atom stereocenters. The Labute approximate surface area is 171 Å². The highest BCUT2D eigenvalue weighted by Crippen LogP contribution is 2.34. The number of likely N-dealkylation sites (tertiary alicyclic amines) is 1. The molecule has 30 heavy (non-hydrogen) atoms. The number of halogens is 3. The van der Waals surface area contributed by atoms with Crippen LogP contribution < -0.4 is 0 Å². The van der Waals surface area contributed by atoms with E-state index in [0.29, 0.717) is 11.7 Å². The molecular weight excluding hydrogens is 395 g/mol. The van der Waals surface area contributed by atoms with Gasteiger partial charge in [-0.1, -0.05) is 54.5 Å². The Hall–Kier alpha value is -3.16. The number of carbonyl (C=O) groups is 1. The molecule has 0 saturated carbocycles. The van der Waals surface area contributed by atoms with Crippen LogP contribution in [-0.2, 0) is 23.9 Å². The van der Waals surface area contributed by atoms with Crippen LogP contribution in [0, 0.1) is 0 Å².